The zero-order chi connectivity index (χ0) is 18.6. The molecule has 3 heterocycles. The number of hydrogen-bond acceptors (Lipinski definition) is 6. The van der Waals surface area contributed by atoms with Crippen molar-refractivity contribution in [1.29, 1.82) is 0 Å². The average molecular weight is 359 g/mol. The van der Waals surface area contributed by atoms with Crippen LogP contribution >= 0.6 is 0 Å². The highest BCUT2D eigenvalue weighted by atomic mass is 16.1. The summed E-state index contributed by atoms with van der Waals surface area (Å²) >= 11 is 0. The number of carbonyl (C=O) groups excluding carboxylic acids is 1. The highest BCUT2D eigenvalue weighted by Crippen LogP contribution is 2.22. The highest BCUT2D eigenvalue weighted by Gasteiger charge is 2.19. The number of aromatic nitrogens is 3. The summed E-state index contributed by atoms with van der Waals surface area (Å²) in [5.41, 5.74) is 2.37. The van der Waals surface area contributed by atoms with Crippen molar-refractivity contribution in [3.63, 3.8) is 0 Å². The first-order chi connectivity index (χ1) is 13.2. The van der Waals surface area contributed by atoms with Gasteiger partial charge in [-0.2, -0.15) is 0 Å². The van der Waals surface area contributed by atoms with Gasteiger partial charge in [-0.1, -0.05) is 24.3 Å². The van der Waals surface area contributed by atoms with E-state index >= 15 is 0 Å². The number of hydrogen-bond donors (Lipinski definition) is 0. The topological polar surface area (TPSA) is 62.2 Å². The van der Waals surface area contributed by atoms with Crippen molar-refractivity contribution in [3.8, 4) is 11.3 Å². The quantitative estimate of drug-likeness (QED) is 0.667. The number of nitrogens with zero attached hydrogens (tertiary/aromatic N) is 5. The maximum Gasteiger partial charge on any atom is 0.159 e. The number of Topliss-reactive ketones (excluding diaryl/α,β-unsaturated/α-hetero) is 1. The lowest BCUT2D eigenvalue weighted by atomic mass is 10.1. The van der Waals surface area contributed by atoms with E-state index in [2.05, 4.69) is 19.8 Å². The number of rotatable bonds is 4. The minimum absolute atomic E-state index is 0.0478. The maximum atomic E-state index is 11.6. The van der Waals surface area contributed by atoms with Gasteiger partial charge in [0.1, 0.15) is 11.6 Å². The zero-order valence-electron chi connectivity index (χ0n) is 15.2. The molecular formula is C21H21N5O. The summed E-state index contributed by atoms with van der Waals surface area (Å²) in [5.74, 6) is 1.92. The molecule has 0 N–H and O–H groups in total. The van der Waals surface area contributed by atoms with Gasteiger partial charge >= 0.3 is 0 Å². The second kappa shape index (κ2) is 7.53. The van der Waals surface area contributed by atoms with Gasteiger partial charge < -0.3 is 9.80 Å². The van der Waals surface area contributed by atoms with Crippen LogP contribution < -0.4 is 9.80 Å². The van der Waals surface area contributed by atoms with Crippen LogP contribution in [0.1, 0.15) is 17.3 Å². The summed E-state index contributed by atoms with van der Waals surface area (Å²) in [5, 5.41) is 0. The molecule has 1 fully saturated rings. The van der Waals surface area contributed by atoms with Gasteiger partial charge in [0, 0.05) is 43.5 Å². The summed E-state index contributed by atoms with van der Waals surface area (Å²) in [6.45, 7) is 5.08. The van der Waals surface area contributed by atoms with Crippen LogP contribution in [0, 0.1) is 0 Å². The van der Waals surface area contributed by atoms with Crippen molar-refractivity contribution in [3.05, 3.63) is 66.6 Å². The first-order valence-corrected chi connectivity index (χ1v) is 9.05. The first kappa shape index (κ1) is 17.1. The molecule has 136 valence electrons. The Labute approximate surface area is 158 Å². The van der Waals surface area contributed by atoms with Gasteiger partial charge in [-0.15, -0.1) is 0 Å². The van der Waals surface area contributed by atoms with Crippen LogP contribution in [0.5, 0.6) is 0 Å². The molecular weight excluding hydrogens is 338 g/mol. The lowest BCUT2D eigenvalue weighted by molar-refractivity contribution is 0.101. The third-order valence-electron chi connectivity index (χ3n) is 4.76. The van der Waals surface area contributed by atoms with Crippen LogP contribution in [0.2, 0.25) is 0 Å². The summed E-state index contributed by atoms with van der Waals surface area (Å²) in [6.07, 6.45) is 5.37. The number of anilines is 2. The summed E-state index contributed by atoms with van der Waals surface area (Å²) in [6, 6.07) is 13.5. The summed E-state index contributed by atoms with van der Waals surface area (Å²) in [4.78, 5) is 29.7. The second-order valence-corrected chi connectivity index (χ2v) is 6.56. The van der Waals surface area contributed by atoms with Crippen molar-refractivity contribution in [2.75, 3.05) is 36.0 Å². The van der Waals surface area contributed by atoms with Crippen LogP contribution in [-0.2, 0) is 0 Å². The lowest BCUT2D eigenvalue weighted by Crippen LogP contribution is -2.47. The molecule has 0 radical (unpaired) electrons. The Bertz CT molecular complexity index is 936. The van der Waals surface area contributed by atoms with E-state index in [0.717, 1.165) is 49.1 Å². The van der Waals surface area contributed by atoms with Gasteiger partial charge in [0.2, 0.25) is 0 Å². The smallest absolute Gasteiger partial charge is 0.159 e. The molecule has 1 aliphatic rings. The Kier molecular flexibility index (Phi) is 4.78. The molecule has 4 rings (SSSR count). The molecule has 0 atom stereocenters. The van der Waals surface area contributed by atoms with Crippen molar-refractivity contribution < 1.29 is 4.79 Å². The number of benzene rings is 1. The number of ketones is 1. The fourth-order valence-electron chi connectivity index (χ4n) is 3.25. The number of pyridine rings is 1. The van der Waals surface area contributed by atoms with E-state index in [9.17, 15) is 4.79 Å². The summed E-state index contributed by atoms with van der Waals surface area (Å²) < 4.78 is 0. The van der Waals surface area contributed by atoms with Crippen molar-refractivity contribution in [1.82, 2.24) is 15.0 Å². The molecule has 0 unspecified atom stereocenters. The van der Waals surface area contributed by atoms with E-state index < -0.39 is 0 Å². The molecule has 1 aromatic carbocycles. The molecule has 0 spiro atoms. The van der Waals surface area contributed by atoms with Crippen LogP contribution in [0.15, 0.2) is 61.1 Å². The molecule has 6 nitrogen and oxygen atoms in total. The largest absolute Gasteiger partial charge is 0.353 e. The van der Waals surface area contributed by atoms with E-state index in [0.29, 0.717) is 5.56 Å². The van der Waals surface area contributed by atoms with Gasteiger partial charge in [0.05, 0.1) is 18.1 Å². The van der Waals surface area contributed by atoms with Crippen LogP contribution in [0.25, 0.3) is 11.3 Å². The molecule has 0 saturated carbocycles. The average Bonchev–Trinajstić information content (AvgIpc) is 2.75. The normalized spacial score (nSPS) is 14.3. The molecule has 1 saturated heterocycles. The first-order valence-electron chi connectivity index (χ1n) is 9.05. The minimum Gasteiger partial charge on any atom is -0.353 e. The van der Waals surface area contributed by atoms with E-state index in [-0.39, 0.29) is 5.78 Å². The van der Waals surface area contributed by atoms with Gasteiger partial charge in [-0.05, 0) is 25.1 Å². The van der Waals surface area contributed by atoms with Gasteiger partial charge in [-0.25, -0.2) is 9.97 Å². The van der Waals surface area contributed by atoms with Crippen LogP contribution in [0.3, 0.4) is 0 Å². The molecule has 0 bridgehead atoms. The molecule has 0 aliphatic carbocycles. The highest BCUT2D eigenvalue weighted by molar-refractivity contribution is 5.95. The molecule has 6 heteroatoms. The van der Waals surface area contributed by atoms with Crippen molar-refractivity contribution >= 4 is 17.4 Å². The van der Waals surface area contributed by atoms with Gasteiger partial charge in [0.15, 0.2) is 5.78 Å². The van der Waals surface area contributed by atoms with Crippen molar-refractivity contribution in [2.45, 2.75) is 6.92 Å². The number of piperazine rings is 1. The third-order valence-corrected chi connectivity index (χ3v) is 4.76. The zero-order valence-corrected chi connectivity index (χ0v) is 15.2. The van der Waals surface area contributed by atoms with E-state index in [1.807, 2.05) is 48.7 Å². The fraction of sp³-hybridized carbons (Fsp3) is 0.238. The lowest BCUT2D eigenvalue weighted by Gasteiger charge is -2.36. The third kappa shape index (κ3) is 3.79. The Hall–Kier alpha value is -3.28. The minimum atomic E-state index is 0.0478. The van der Waals surface area contributed by atoms with E-state index in [4.69, 9.17) is 4.98 Å². The monoisotopic (exact) mass is 359 g/mol. The molecule has 27 heavy (non-hydrogen) atoms. The Morgan fingerprint density at radius 2 is 1.70 bits per heavy atom. The second-order valence-electron chi connectivity index (χ2n) is 6.56. The van der Waals surface area contributed by atoms with Crippen LogP contribution in [0.4, 0.5) is 11.6 Å². The SMILES string of the molecule is CC(=O)c1cccc(-c2cncc(N3CCN(c4ccccn4)CC3)n2)c1. The summed E-state index contributed by atoms with van der Waals surface area (Å²) in [7, 11) is 0. The Morgan fingerprint density at radius 3 is 2.41 bits per heavy atom. The Morgan fingerprint density at radius 1 is 0.926 bits per heavy atom. The fourth-order valence-corrected chi connectivity index (χ4v) is 3.25. The predicted molar refractivity (Wildman–Crippen MR) is 106 cm³/mol. The molecule has 3 aromatic rings. The standard InChI is InChI=1S/C21H21N5O/c1-16(27)17-5-4-6-18(13-17)19-14-22-15-21(24-19)26-11-9-25(10-12-26)20-7-2-3-8-23-20/h2-8,13-15H,9-12H2,1H3. The maximum absolute atomic E-state index is 11.6. The van der Waals surface area contributed by atoms with Crippen LogP contribution in [-0.4, -0.2) is 46.9 Å². The van der Waals surface area contributed by atoms with Gasteiger partial charge in [0.25, 0.3) is 0 Å². The molecule has 2 aromatic heterocycles. The Balaban J connectivity index is 1.50. The molecule has 1 aliphatic heterocycles. The molecule has 0 amide bonds. The number of carbonyl (C=O) groups is 1. The van der Waals surface area contributed by atoms with E-state index in [1.165, 1.54) is 0 Å². The van der Waals surface area contributed by atoms with Crippen molar-refractivity contribution in [2.24, 2.45) is 0 Å². The van der Waals surface area contributed by atoms with E-state index in [1.54, 1.807) is 19.3 Å². The predicted octanol–water partition coefficient (Wildman–Crippen LogP) is 3.07. The van der Waals surface area contributed by atoms with Gasteiger partial charge in [-0.3, -0.25) is 9.78 Å².